The number of aromatic nitrogens is 2. The van der Waals surface area contributed by atoms with Crippen LogP contribution in [0.25, 0.3) is 0 Å². The number of nitrogens with zero attached hydrogens (tertiary/aromatic N) is 2. The molecule has 0 spiro atoms. The minimum atomic E-state index is -5.63. The van der Waals surface area contributed by atoms with E-state index in [2.05, 4.69) is 18.1 Å². The van der Waals surface area contributed by atoms with Crippen LogP contribution in [0.5, 0.6) is 0 Å². The normalized spacial score (nSPS) is 27.2. The summed E-state index contributed by atoms with van der Waals surface area (Å²) >= 11 is 5.02. The fraction of sp³-hybridized carbons (Fsp3) is 0.556. The van der Waals surface area contributed by atoms with Crippen LogP contribution in [0.2, 0.25) is 0 Å². The summed E-state index contributed by atoms with van der Waals surface area (Å²) in [7, 11) is -16.4. The number of aliphatic hydroxyl groups excluding tert-OH is 1. The van der Waals surface area contributed by atoms with Gasteiger partial charge in [0.2, 0.25) is 4.77 Å². The number of hydrogen-bond donors (Lipinski definition) is 6. The highest BCUT2D eigenvalue weighted by molar-refractivity contribution is 7.71. The monoisotopic (exact) mass is 483 g/mol. The Labute approximate surface area is 162 Å². The van der Waals surface area contributed by atoms with Gasteiger partial charge in [0.05, 0.1) is 12.7 Å². The molecule has 7 N–H and O–H groups in total. The fourth-order valence-corrected chi connectivity index (χ4v) is 5.47. The zero-order valence-corrected chi connectivity index (χ0v) is 17.1. The molecule has 1 fully saturated rings. The molecule has 1 aliphatic rings. The Hall–Kier alpha value is -0.570. The molecule has 0 aliphatic carbocycles. The van der Waals surface area contributed by atoms with E-state index in [1.54, 1.807) is 0 Å². The van der Waals surface area contributed by atoms with Gasteiger partial charge in [-0.2, -0.15) is 8.62 Å². The Kier molecular flexibility index (Phi) is 7.33. The zero-order valence-electron chi connectivity index (χ0n) is 13.6. The third-order valence-electron chi connectivity index (χ3n) is 3.18. The van der Waals surface area contributed by atoms with Gasteiger partial charge in [0, 0.05) is 12.6 Å². The molecule has 0 amide bonds. The minimum absolute atomic E-state index is 0.00430. The number of nitrogen functional groups attached to an aromatic ring is 1. The van der Waals surface area contributed by atoms with Gasteiger partial charge in [-0.05, 0) is 18.3 Å². The second kappa shape index (κ2) is 8.66. The Morgan fingerprint density at radius 3 is 2.46 bits per heavy atom. The van der Waals surface area contributed by atoms with Crippen LogP contribution in [0.1, 0.15) is 12.6 Å². The second-order valence-corrected chi connectivity index (χ2v) is 10.1. The van der Waals surface area contributed by atoms with E-state index >= 15 is 0 Å². The van der Waals surface area contributed by atoms with Crippen molar-refractivity contribution in [2.24, 2.45) is 0 Å². The van der Waals surface area contributed by atoms with Gasteiger partial charge in [0.25, 0.3) is 0 Å². The van der Waals surface area contributed by atoms with Crippen LogP contribution in [-0.2, 0) is 31.6 Å². The summed E-state index contributed by atoms with van der Waals surface area (Å²) in [5.41, 5.74) is 5.49. The summed E-state index contributed by atoms with van der Waals surface area (Å²) in [5, 5.41) is 10.0. The fourth-order valence-electron chi connectivity index (χ4n) is 2.15. The van der Waals surface area contributed by atoms with Crippen molar-refractivity contribution < 1.29 is 56.3 Å². The SMILES string of the molecule is Nc1ccn([C@H]2CC(O)[C@@H](COP(=O)(O)OP(=O)(O)OP(=O)(O)O)O2)c(=S)n1. The molecule has 1 aromatic rings. The standard InChI is InChI=1S/C9H16N3O12P3S/c10-7-1-2-12(9(28)11-7)8-3-5(13)6(22-8)4-21-26(17,18)24-27(19,20)23-25(14,15)16/h1-2,5-6,8,13H,3-4H2,(H,17,18)(H,19,20)(H2,10,11,28)(H2,14,15,16)/t5?,6-,8-/m1/s1. The zero-order chi connectivity index (χ0) is 21.3. The molecule has 15 nitrogen and oxygen atoms in total. The van der Waals surface area contributed by atoms with E-state index in [9.17, 15) is 23.7 Å². The molecule has 2 rings (SSSR count). The number of phosphoric acid groups is 3. The molecule has 1 aromatic heterocycles. The Morgan fingerprint density at radius 2 is 1.89 bits per heavy atom. The molecule has 0 radical (unpaired) electrons. The molecular formula is C9H16N3O12P3S. The lowest BCUT2D eigenvalue weighted by molar-refractivity contribution is -0.0443. The van der Waals surface area contributed by atoms with Crippen molar-refractivity contribution in [1.29, 1.82) is 0 Å². The number of ether oxygens (including phenoxy) is 1. The van der Waals surface area contributed by atoms with Crippen LogP contribution in [0.15, 0.2) is 12.3 Å². The van der Waals surface area contributed by atoms with Crippen molar-refractivity contribution in [3.8, 4) is 0 Å². The molecule has 3 unspecified atom stereocenters. The van der Waals surface area contributed by atoms with Crippen molar-refractivity contribution in [1.82, 2.24) is 9.55 Å². The average molecular weight is 483 g/mol. The van der Waals surface area contributed by atoms with Gasteiger partial charge in [0.15, 0.2) is 0 Å². The maximum Gasteiger partial charge on any atom is 0.490 e. The predicted molar refractivity (Wildman–Crippen MR) is 91.8 cm³/mol. The highest BCUT2D eigenvalue weighted by atomic mass is 32.1. The summed E-state index contributed by atoms with van der Waals surface area (Å²) in [6.45, 7) is -0.781. The number of anilines is 1. The van der Waals surface area contributed by atoms with Gasteiger partial charge < -0.3 is 35.2 Å². The number of hydrogen-bond acceptors (Lipinski definition) is 11. The molecule has 28 heavy (non-hydrogen) atoms. The molecule has 0 aromatic carbocycles. The van der Waals surface area contributed by atoms with Crippen LogP contribution >= 0.6 is 35.7 Å². The van der Waals surface area contributed by atoms with Gasteiger partial charge in [-0.3, -0.25) is 9.09 Å². The van der Waals surface area contributed by atoms with E-state index in [0.717, 1.165) is 0 Å². The third-order valence-corrected chi connectivity index (χ3v) is 7.29. The van der Waals surface area contributed by atoms with Crippen LogP contribution in [0, 0.1) is 4.77 Å². The number of nitrogens with two attached hydrogens (primary N) is 1. The van der Waals surface area contributed by atoms with Gasteiger partial charge in [-0.15, -0.1) is 0 Å². The van der Waals surface area contributed by atoms with E-state index in [1.807, 2.05) is 0 Å². The van der Waals surface area contributed by atoms with Crippen molar-refractivity contribution in [2.75, 3.05) is 12.3 Å². The summed E-state index contributed by atoms with van der Waals surface area (Å²) in [5.74, 6) is 0.170. The van der Waals surface area contributed by atoms with E-state index in [-0.39, 0.29) is 17.0 Å². The lowest BCUT2D eigenvalue weighted by Gasteiger charge is -2.19. The summed E-state index contributed by atoms with van der Waals surface area (Å²) < 4.78 is 52.0. The quantitative estimate of drug-likeness (QED) is 0.214. The average Bonchev–Trinajstić information content (AvgIpc) is 2.82. The Bertz CT molecular complexity index is 919. The Morgan fingerprint density at radius 1 is 1.25 bits per heavy atom. The third kappa shape index (κ3) is 7.04. The van der Waals surface area contributed by atoms with Gasteiger partial charge in [0.1, 0.15) is 18.1 Å². The van der Waals surface area contributed by atoms with E-state index < -0.39 is 48.5 Å². The predicted octanol–water partition coefficient (Wildman–Crippen LogP) is 0.186. The molecule has 5 atom stereocenters. The molecule has 19 heteroatoms. The van der Waals surface area contributed by atoms with Crippen molar-refractivity contribution >= 4 is 41.5 Å². The van der Waals surface area contributed by atoms with Gasteiger partial charge in [-0.1, -0.05) is 0 Å². The molecule has 0 saturated carbocycles. The highest BCUT2D eigenvalue weighted by Crippen LogP contribution is 2.66. The van der Waals surface area contributed by atoms with Gasteiger partial charge in [-0.25, -0.2) is 18.7 Å². The highest BCUT2D eigenvalue weighted by Gasteiger charge is 2.42. The molecule has 2 heterocycles. The summed E-state index contributed by atoms with van der Waals surface area (Å²) in [6, 6.07) is 1.44. The second-order valence-electron chi connectivity index (χ2n) is 5.36. The van der Waals surface area contributed by atoms with Crippen LogP contribution < -0.4 is 5.73 Å². The van der Waals surface area contributed by atoms with Crippen LogP contribution in [0.3, 0.4) is 0 Å². The largest absolute Gasteiger partial charge is 0.490 e. The minimum Gasteiger partial charge on any atom is -0.390 e. The maximum atomic E-state index is 11.7. The van der Waals surface area contributed by atoms with Crippen LogP contribution in [-0.4, -0.2) is 53.0 Å². The first-order valence-corrected chi connectivity index (χ1v) is 12.1. The Balaban J connectivity index is 1.98. The topological polar surface area (TPSA) is 233 Å². The van der Waals surface area contributed by atoms with Crippen LogP contribution in [0.4, 0.5) is 5.82 Å². The maximum absolute atomic E-state index is 11.7. The van der Waals surface area contributed by atoms with Crippen molar-refractivity contribution in [3.63, 3.8) is 0 Å². The molecule has 1 aliphatic heterocycles. The van der Waals surface area contributed by atoms with E-state index in [0.29, 0.717) is 0 Å². The molecule has 0 bridgehead atoms. The first-order chi connectivity index (χ1) is 12.7. The molecule has 1 saturated heterocycles. The number of rotatable bonds is 8. The first kappa shape index (κ1) is 23.7. The number of aliphatic hydroxyl groups is 1. The lowest BCUT2D eigenvalue weighted by atomic mass is 10.2. The van der Waals surface area contributed by atoms with Crippen molar-refractivity contribution in [3.05, 3.63) is 17.0 Å². The number of phosphoric ester groups is 1. The van der Waals surface area contributed by atoms with E-state index in [4.69, 9.17) is 37.4 Å². The smallest absolute Gasteiger partial charge is 0.390 e. The van der Waals surface area contributed by atoms with E-state index in [1.165, 1.54) is 16.8 Å². The summed E-state index contributed by atoms with van der Waals surface area (Å²) in [4.78, 5) is 39.2. The lowest BCUT2D eigenvalue weighted by Crippen LogP contribution is -2.26. The summed E-state index contributed by atoms with van der Waals surface area (Å²) in [6.07, 6.45) is -1.69. The molecular weight excluding hydrogens is 467 g/mol. The van der Waals surface area contributed by atoms with Crippen molar-refractivity contribution in [2.45, 2.75) is 24.9 Å². The van der Waals surface area contributed by atoms with Gasteiger partial charge >= 0.3 is 23.5 Å². The first-order valence-electron chi connectivity index (χ1n) is 7.14. The molecule has 160 valence electrons.